The second-order valence-electron chi connectivity index (χ2n) is 4.23. The van der Waals surface area contributed by atoms with Crippen LogP contribution < -0.4 is 10.6 Å². The number of aromatic nitrogens is 1. The van der Waals surface area contributed by atoms with E-state index in [1.807, 2.05) is 20.8 Å². The van der Waals surface area contributed by atoms with Crippen LogP contribution in [0.25, 0.3) is 0 Å². The SMILES string of the molecule is CCNC(=O)c1cc(NC(=O)C(C)C)cn1C. The number of aryl methyl sites for hydroxylation is 1. The Morgan fingerprint density at radius 3 is 2.59 bits per heavy atom. The molecule has 0 aromatic carbocycles. The van der Waals surface area contributed by atoms with Crippen LogP contribution in [0.5, 0.6) is 0 Å². The number of rotatable bonds is 4. The van der Waals surface area contributed by atoms with Gasteiger partial charge in [-0.05, 0) is 13.0 Å². The van der Waals surface area contributed by atoms with E-state index in [1.165, 1.54) is 0 Å². The van der Waals surface area contributed by atoms with E-state index < -0.39 is 0 Å². The van der Waals surface area contributed by atoms with Gasteiger partial charge in [0.25, 0.3) is 5.91 Å². The highest BCUT2D eigenvalue weighted by Gasteiger charge is 2.13. The van der Waals surface area contributed by atoms with Crippen LogP contribution in [0.3, 0.4) is 0 Å². The molecule has 2 N–H and O–H groups in total. The molecule has 0 atom stereocenters. The lowest BCUT2D eigenvalue weighted by molar-refractivity contribution is -0.118. The highest BCUT2D eigenvalue weighted by atomic mass is 16.2. The van der Waals surface area contributed by atoms with Crippen molar-refractivity contribution in [2.75, 3.05) is 11.9 Å². The number of hydrogen-bond donors (Lipinski definition) is 2. The highest BCUT2D eigenvalue weighted by molar-refractivity contribution is 5.97. The summed E-state index contributed by atoms with van der Waals surface area (Å²) in [5.74, 6) is -0.277. The van der Waals surface area contributed by atoms with Crippen molar-refractivity contribution >= 4 is 17.5 Å². The Hall–Kier alpha value is -1.78. The van der Waals surface area contributed by atoms with E-state index in [4.69, 9.17) is 0 Å². The number of nitrogens with one attached hydrogen (secondary N) is 2. The molecule has 1 rings (SSSR count). The summed E-state index contributed by atoms with van der Waals surface area (Å²) in [6.45, 7) is 6.09. The normalized spacial score (nSPS) is 10.4. The van der Waals surface area contributed by atoms with Gasteiger partial charge in [0.1, 0.15) is 5.69 Å². The van der Waals surface area contributed by atoms with Crippen molar-refractivity contribution in [2.45, 2.75) is 20.8 Å². The minimum Gasteiger partial charge on any atom is -0.351 e. The van der Waals surface area contributed by atoms with Crippen LogP contribution in [0, 0.1) is 5.92 Å². The molecule has 5 nitrogen and oxygen atoms in total. The smallest absolute Gasteiger partial charge is 0.267 e. The predicted octanol–water partition coefficient (Wildman–Crippen LogP) is 1.37. The van der Waals surface area contributed by atoms with Crippen molar-refractivity contribution < 1.29 is 9.59 Å². The first-order valence-corrected chi connectivity index (χ1v) is 5.71. The fourth-order valence-corrected chi connectivity index (χ4v) is 1.40. The molecule has 2 amide bonds. The second-order valence-corrected chi connectivity index (χ2v) is 4.23. The number of nitrogens with zero attached hydrogens (tertiary/aromatic N) is 1. The predicted molar refractivity (Wildman–Crippen MR) is 66.9 cm³/mol. The van der Waals surface area contributed by atoms with Gasteiger partial charge < -0.3 is 15.2 Å². The first-order valence-electron chi connectivity index (χ1n) is 5.71. The fourth-order valence-electron chi connectivity index (χ4n) is 1.40. The second kappa shape index (κ2) is 5.52. The lowest BCUT2D eigenvalue weighted by atomic mass is 10.2. The maximum atomic E-state index is 11.7. The van der Waals surface area contributed by atoms with Crippen molar-refractivity contribution in [1.82, 2.24) is 9.88 Å². The Morgan fingerprint density at radius 2 is 2.06 bits per heavy atom. The van der Waals surface area contributed by atoms with Crippen molar-refractivity contribution in [3.8, 4) is 0 Å². The number of hydrogen-bond acceptors (Lipinski definition) is 2. The van der Waals surface area contributed by atoms with Crippen molar-refractivity contribution in [1.29, 1.82) is 0 Å². The molecular formula is C12H19N3O2. The number of anilines is 1. The van der Waals surface area contributed by atoms with Crippen LogP contribution in [-0.2, 0) is 11.8 Å². The lowest BCUT2D eigenvalue weighted by Gasteiger charge is -2.04. The summed E-state index contributed by atoms with van der Waals surface area (Å²) in [5, 5.41) is 5.48. The van der Waals surface area contributed by atoms with Crippen molar-refractivity contribution in [2.24, 2.45) is 13.0 Å². The molecule has 0 bridgehead atoms. The zero-order chi connectivity index (χ0) is 13.0. The minimum atomic E-state index is -0.139. The van der Waals surface area contributed by atoms with Crippen LogP contribution in [0.4, 0.5) is 5.69 Å². The quantitative estimate of drug-likeness (QED) is 0.830. The molecule has 0 aliphatic rings. The van der Waals surface area contributed by atoms with E-state index in [0.717, 1.165) is 0 Å². The average Bonchev–Trinajstić information content (AvgIpc) is 2.59. The molecule has 1 aromatic heterocycles. The monoisotopic (exact) mass is 237 g/mol. The summed E-state index contributed by atoms with van der Waals surface area (Å²) < 4.78 is 1.70. The highest BCUT2D eigenvalue weighted by Crippen LogP contribution is 2.13. The number of carbonyl (C=O) groups is 2. The van der Waals surface area contributed by atoms with Crippen molar-refractivity contribution in [3.05, 3.63) is 18.0 Å². The van der Waals surface area contributed by atoms with Crippen LogP contribution in [0.1, 0.15) is 31.3 Å². The zero-order valence-electron chi connectivity index (χ0n) is 10.7. The third-order valence-corrected chi connectivity index (χ3v) is 2.37. The average molecular weight is 237 g/mol. The van der Waals surface area contributed by atoms with Gasteiger partial charge in [-0.3, -0.25) is 9.59 Å². The Morgan fingerprint density at radius 1 is 1.41 bits per heavy atom. The summed E-state index contributed by atoms with van der Waals surface area (Å²) in [5.41, 5.74) is 1.18. The van der Waals surface area contributed by atoms with Crippen LogP contribution in [0.2, 0.25) is 0 Å². The fraction of sp³-hybridized carbons (Fsp3) is 0.500. The standard InChI is InChI=1S/C12H19N3O2/c1-5-13-12(17)10-6-9(7-15(10)4)14-11(16)8(2)3/h6-8H,5H2,1-4H3,(H,13,17)(H,14,16). The van der Waals surface area contributed by atoms with Gasteiger partial charge in [0.2, 0.25) is 5.91 Å². The summed E-state index contributed by atoms with van der Waals surface area (Å²) in [7, 11) is 1.77. The van der Waals surface area contributed by atoms with E-state index in [-0.39, 0.29) is 17.7 Å². The first kappa shape index (κ1) is 13.3. The van der Waals surface area contributed by atoms with E-state index >= 15 is 0 Å². The summed E-state index contributed by atoms with van der Waals surface area (Å²) in [4.78, 5) is 23.2. The molecule has 0 aliphatic carbocycles. The van der Waals surface area contributed by atoms with Gasteiger partial charge >= 0.3 is 0 Å². The maximum absolute atomic E-state index is 11.7. The molecule has 0 unspecified atom stereocenters. The third kappa shape index (κ3) is 3.34. The van der Waals surface area contributed by atoms with E-state index in [0.29, 0.717) is 17.9 Å². The van der Waals surface area contributed by atoms with Gasteiger partial charge in [-0.15, -0.1) is 0 Å². The molecule has 0 spiro atoms. The van der Waals surface area contributed by atoms with E-state index in [9.17, 15) is 9.59 Å². The molecular weight excluding hydrogens is 218 g/mol. The topological polar surface area (TPSA) is 63.1 Å². The largest absolute Gasteiger partial charge is 0.351 e. The first-order chi connectivity index (χ1) is 7.95. The third-order valence-electron chi connectivity index (χ3n) is 2.37. The zero-order valence-corrected chi connectivity index (χ0v) is 10.7. The van der Waals surface area contributed by atoms with E-state index in [2.05, 4.69) is 10.6 Å². The summed E-state index contributed by atoms with van der Waals surface area (Å²) in [6, 6.07) is 1.67. The molecule has 0 aliphatic heterocycles. The Bertz CT molecular complexity index is 421. The van der Waals surface area contributed by atoms with Gasteiger partial charge in [0, 0.05) is 25.7 Å². The van der Waals surface area contributed by atoms with Crippen LogP contribution >= 0.6 is 0 Å². The maximum Gasteiger partial charge on any atom is 0.267 e. The Balaban J connectivity index is 2.81. The molecule has 0 radical (unpaired) electrons. The molecule has 1 aromatic rings. The van der Waals surface area contributed by atoms with Gasteiger partial charge in [-0.25, -0.2) is 0 Å². The van der Waals surface area contributed by atoms with Gasteiger partial charge in [-0.1, -0.05) is 13.8 Å². The van der Waals surface area contributed by atoms with Crippen molar-refractivity contribution in [3.63, 3.8) is 0 Å². The van der Waals surface area contributed by atoms with Crippen LogP contribution in [0.15, 0.2) is 12.3 Å². The molecule has 0 fully saturated rings. The minimum absolute atomic E-state index is 0.0574. The summed E-state index contributed by atoms with van der Waals surface area (Å²) >= 11 is 0. The number of carbonyl (C=O) groups excluding carboxylic acids is 2. The lowest BCUT2D eigenvalue weighted by Crippen LogP contribution is -2.24. The van der Waals surface area contributed by atoms with E-state index in [1.54, 1.807) is 23.9 Å². The van der Waals surface area contributed by atoms with Gasteiger partial charge in [0.05, 0.1) is 5.69 Å². The number of amides is 2. The summed E-state index contributed by atoms with van der Waals surface area (Å²) in [6.07, 6.45) is 1.73. The molecule has 0 saturated carbocycles. The molecule has 94 valence electrons. The van der Waals surface area contributed by atoms with Gasteiger partial charge in [0.15, 0.2) is 0 Å². The van der Waals surface area contributed by atoms with Gasteiger partial charge in [-0.2, -0.15) is 0 Å². The molecule has 1 heterocycles. The molecule has 5 heteroatoms. The van der Waals surface area contributed by atoms with Crippen LogP contribution in [-0.4, -0.2) is 22.9 Å². The Labute approximate surface area is 101 Å². The molecule has 17 heavy (non-hydrogen) atoms. The Kier molecular flexibility index (Phi) is 4.31. The molecule has 0 saturated heterocycles.